The van der Waals surface area contributed by atoms with Crippen LogP contribution < -0.4 is 4.74 Å². The van der Waals surface area contributed by atoms with Crippen LogP contribution in [0.15, 0.2) is 48.8 Å². The number of carbonyl (C=O) groups excluding carboxylic acids is 1. The van der Waals surface area contributed by atoms with E-state index in [0.717, 1.165) is 27.8 Å². The smallest absolute Gasteiger partial charge is 0.209 e. The lowest BCUT2D eigenvalue weighted by Crippen LogP contribution is -2.08. The van der Waals surface area contributed by atoms with Gasteiger partial charge in [0, 0.05) is 22.8 Å². The largest absolute Gasteiger partial charge is 0.491 e. The third kappa shape index (κ3) is 3.05. The lowest BCUT2D eigenvalue weighted by molar-refractivity contribution is 0.103. The van der Waals surface area contributed by atoms with Gasteiger partial charge >= 0.3 is 0 Å². The van der Waals surface area contributed by atoms with Gasteiger partial charge in [-0.2, -0.15) is 0 Å². The molecule has 0 N–H and O–H groups in total. The molecule has 0 unspecified atom stereocenters. The first-order chi connectivity index (χ1) is 11.6. The standard InChI is InChI=1S/C18H13F2NO2S/c1-2-23-13-6-5-12(19)16(17(13)20)18(22)15-8-7-14(24-15)11-4-3-9-21-10-11/h3-10H,2H2,1H3. The first-order valence-electron chi connectivity index (χ1n) is 7.27. The predicted octanol–water partition coefficient (Wildman–Crippen LogP) is 4.72. The molecule has 3 rings (SSSR count). The van der Waals surface area contributed by atoms with Crippen molar-refractivity contribution in [1.29, 1.82) is 0 Å². The van der Waals surface area contributed by atoms with Crippen LogP contribution in [0.2, 0.25) is 0 Å². The summed E-state index contributed by atoms with van der Waals surface area (Å²) in [5, 5.41) is 0. The molecule has 0 atom stereocenters. The molecule has 1 aromatic carbocycles. The molecule has 6 heteroatoms. The molecule has 24 heavy (non-hydrogen) atoms. The highest BCUT2D eigenvalue weighted by Gasteiger charge is 2.24. The second-order valence-corrected chi connectivity index (χ2v) is 5.99. The number of aromatic nitrogens is 1. The Morgan fingerprint density at radius 2 is 2.04 bits per heavy atom. The normalized spacial score (nSPS) is 10.6. The van der Waals surface area contributed by atoms with Gasteiger partial charge in [-0.15, -0.1) is 11.3 Å². The number of ether oxygens (including phenoxy) is 1. The van der Waals surface area contributed by atoms with Gasteiger partial charge in [0.25, 0.3) is 0 Å². The molecule has 0 aliphatic carbocycles. The number of hydrogen-bond donors (Lipinski definition) is 0. The van der Waals surface area contributed by atoms with Crippen molar-refractivity contribution in [3.8, 4) is 16.2 Å². The van der Waals surface area contributed by atoms with Crippen LogP contribution in [-0.2, 0) is 0 Å². The van der Waals surface area contributed by atoms with Crippen molar-refractivity contribution >= 4 is 17.1 Å². The Morgan fingerprint density at radius 1 is 1.21 bits per heavy atom. The number of thiophene rings is 1. The van der Waals surface area contributed by atoms with Crippen molar-refractivity contribution in [3.63, 3.8) is 0 Å². The Hall–Kier alpha value is -2.60. The molecule has 0 bridgehead atoms. The Bertz CT molecular complexity index is 878. The van der Waals surface area contributed by atoms with E-state index in [9.17, 15) is 13.6 Å². The van der Waals surface area contributed by atoms with Crippen LogP contribution in [0.25, 0.3) is 10.4 Å². The Kier molecular flexibility index (Phi) is 4.66. The van der Waals surface area contributed by atoms with Gasteiger partial charge in [-0.3, -0.25) is 9.78 Å². The Balaban J connectivity index is 1.99. The fourth-order valence-electron chi connectivity index (χ4n) is 2.26. The highest BCUT2D eigenvalue weighted by molar-refractivity contribution is 7.17. The van der Waals surface area contributed by atoms with E-state index in [2.05, 4.69) is 4.98 Å². The number of rotatable bonds is 5. The number of benzene rings is 1. The van der Waals surface area contributed by atoms with Crippen molar-refractivity contribution in [1.82, 2.24) is 4.98 Å². The molecule has 0 aliphatic heterocycles. The molecule has 2 aromatic heterocycles. The van der Waals surface area contributed by atoms with E-state index in [0.29, 0.717) is 0 Å². The summed E-state index contributed by atoms with van der Waals surface area (Å²) in [7, 11) is 0. The molecule has 0 amide bonds. The number of hydrogen-bond acceptors (Lipinski definition) is 4. The molecule has 0 fully saturated rings. The number of carbonyl (C=O) groups is 1. The minimum absolute atomic E-state index is 0.133. The monoisotopic (exact) mass is 345 g/mol. The maximum absolute atomic E-state index is 14.4. The minimum Gasteiger partial charge on any atom is -0.491 e. The van der Waals surface area contributed by atoms with Gasteiger partial charge in [0.15, 0.2) is 11.6 Å². The first-order valence-corrected chi connectivity index (χ1v) is 8.09. The summed E-state index contributed by atoms with van der Waals surface area (Å²) in [6.45, 7) is 1.91. The average molecular weight is 345 g/mol. The second kappa shape index (κ2) is 6.88. The van der Waals surface area contributed by atoms with Gasteiger partial charge < -0.3 is 4.74 Å². The zero-order valence-corrected chi connectivity index (χ0v) is 13.6. The predicted molar refractivity (Wildman–Crippen MR) is 88.5 cm³/mol. The maximum atomic E-state index is 14.4. The van der Waals surface area contributed by atoms with Crippen LogP contribution >= 0.6 is 11.3 Å². The summed E-state index contributed by atoms with van der Waals surface area (Å²) in [6.07, 6.45) is 3.31. The number of nitrogens with zero attached hydrogens (tertiary/aromatic N) is 1. The van der Waals surface area contributed by atoms with Gasteiger partial charge in [0.05, 0.1) is 17.0 Å². The Labute approximate surface area is 141 Å². The van der Waals surface area contributed by atoms with Crippen LogP contribution in [0.5, 0.6) is 5.75 Å². The molecule has 122 valence electrons. The molecule has 0 aliphatic rings. The SMILES string of the molecule is CCOc1ccc(F)c(C(=O)c2ccc(-c3cccnc3)s2)c1F. The van der Waals surface area contributed by atoms with Crippen molar-refractivity contribution in [2.45, 2.75) is 6.92 Å². The highest BCUT2D eigenvalue weighted by atomic mass is 32.1. The molecule has 0 spiro atoms. The fraction of sp³-hybridized carbons (Fsp3) is 0.111. The number of halogens is 2. The van der Waals surface area contributed by atoms with Gasteiger partial charge in [-0.05, 0) is 37.3 Å². The van der Waals surface area contributed by atoms with Crippen molar-refractivity contribution < 1.29 is 18.3 Å². The zero-order chi connectivity index (χ0) is 17.1. The molecule has 0 radical (unpaired) electrons. The minimum atomic E-state index is -0.974. The molecular weight excluding hydrogens is 332 g/mol. The summed E-state index contributed by atoms with van der Waals surface area (Å²) in [5.41, 5.74) is 0.242. The summed E-state index contributed by atoms with van der Waals surface area (Å²) in [4.78, 5) is 17.6. The van der Waals surface area contributed by atoms with Crippen molar-refractivity contribution in [2.24, 2.45) is 0 Å². The summed E-state index contributed by atoms with van der Waals surface area (Å²) in [5.74, 6) is -2.71. The van der Waals surface area contributed by atoms with Crippen LogP contribution in [0.3, 0.4) is 0 Å². The molecule has 0 saturated carbocycles. The molecule has 0 saturated heterocycles. The van der Waals surface area contributed by atoms with Gasteiger partial charge in [0.2, 0.25) is 5.78 Å². The summed E-state index contributed by atoms with van der Waals surface area (Å²) < 4.78 is 33.5. The van der Waals surface area contributed by atoms with Gasteiger partial charge in [-0.25, -0.2) is 8.78 Å². The van der Waals surface area contributed by atoms with E-state index in [1.807, 2.05) is 6.07 Å². The first kappa shape index (κ1) is 16.3. The fourth-order valence-corrected chi connectivity index (χ4v) is 3.20. The van der Waals surface area contributed by atoms with Gasteiger partial charge in [-0.1, -0.05) is 6.07 Å². The van der Waals surface area contributed by atoms with E-state index < -0.39 is 23.0 Å². The van der Waals surface area contributed by atoms with Crippen LogP contribution in [0.1, 0.15) is 22.2 Å². The third-order valence-corrected chi connectivity index (χ3v) is 4.49. The maximum Gasteiger partial charge on any atom is 0.209 e. The zero-order valence-electron chi connectivity index (χ0n) is 12.8. The quantitative estimate of drug-likeness (QED) is 0.628. The lowest BCUT2D eigenvalue weighted by atomic mass is 10.1. The lowest BCUT2D eigenvalue weighted by Gasteiger charge is -2.08. The Morgan fingerprint density at radius 3 is 2.75 bits per heavy atom. The van der Waals surface area contributed by atoms with Crippen molar-refractivity contribution in [3.05, 3.63) is 70.9 Å². The third-order valence-electron chi connectivity index (χ3n) is 3.36. The van der Waals surface area contributed by atoms with Crippen molar-refractivity contribution in [2.75, 3.05) is 6.61 Å². The summed E-state index contributed by atoms with van der Waals surface area (Å²) >= 11 is 1.16. The van der Waals surface area contributed by atoms with Crippen LogP contribution in [0, 0.1) is 11.6 Å². The molecule has 3 nitrogen and oxygen atoms in total. The van der Waals surface area contributed by atoms with Crippen LogP contribution in [-0.4, -0.2) is 17.4 Å². The highest BCUT2D eigenvalue weighted by Crippen LogP contribution is 2.31. The second-order valence-electron chi connectivity index (χ2n) is 4.90. The topological polar surface area (TPSA) is 39.2 Å². The van der Waals surface area contributed by atoms with E-state index in [1.165, 1.54) is 6.07 Å². The molecule has 2 heterocycles. The molecule has 3 aromatic rings. The molecular formula is C18H13F2NO2S. The summed E-state index contributed by atoms with van der Waals surface area (Å²) in [6, 6.07) is 9.14. The van der Waals surface area contributed by atoms with E-state index in [4.69, 9.17) is 4.74 Å². The number of ketones is 1. The van der Waals surface area contributed by atoms with E-state index >= 15 is 0 Å². The van der Waals surface area contributed by atoms with Crippen LogP contribution in [0.4, 0.5) is 8.78 Å². The van der Waals surface area contributed by atoms with E-state index in [1.54, 1.807) is 37.5 Å². The van der Waals surface area contributed by atoms with E-state index in [-0.39, 0.29) is 17.2 Å². The number of pyridine rings is 1. The average Bonchev–Trinajstić information content (AvgIpc) is 3.08. The van der Waals surface area contributed by atoms with Gasteiger partial charge in [0.1, 0.15) is 5.82 Å².